The van der Waals surface area contributed by atoms with E-state index in [9.17, 15) is 10.2 Å². The quantitative estimate of drug-likeness (QED) is 0.173. The number of hydrogen-bond donors (Lipinski definition) is 2. The van der Waals surface area contributed by atoms with Gasteiger partial charge >= 0.3 is 0 Å². The number of aliphatic hydroxyl groups is 2. The zero-order valence-corrected chi connectivity index (χ0v) is 46.7. The molecule has 8 heteroatoms. The Hall–Kier alpha value is -3.80. The van der Waals surface area contributed by atoms with E-state index in [-0.39, 0.29) is 21.7 Å². The van der Waals surface area contributed by atoms with E-state index < -0.39 is 19.8 Å². The summed E-state index contributed by atoms with van der Waals surface area (Å²) in [6, 6.07) is 52.1. The van der Waals surface area contributed by atoms with E-state index in [1.807, 2.05) is 0 Å². The molecule has 0 saturated heterocycles. The van der Waals surface area contributed by atoms with Crippen LogP contribution in [0.1, 0.15) is 139 Å². The van der Waals surface area contributed by atoms with Crippen LogP contribution in [0.2, 0.25) is 0 Å². The first-order valence-electron chi connectivity index (χ1n) is 23.7. The summed E-state index contributed by atoms with van der Waals surface area (Å²) in [5.41, 5.74) is 15.4. The summed E-state index contributed by atoms with van der Waals surface area (Å²) < 4.78 is -1.50. The third kappa shape index (κ3) is 10.5. The van der Waals surface area contributed by atoms with Crippen molar-refractivity contribution in [3.63, 3.8) is 0 Å². The highest BCUT2D eigenvalue weighted by atomic mass is 35.6. The molecule has 0 aliphatic heterocycles. The van der Waals surface area contributed by atoms with Crippen LogP contribution in [-0.4, -0.2) is 18.8 Å². The second kappa shape index (κ2) is 19.9. The molecule has 70 heavy (non-hydrogen) atoms. The molecule has 0 bridgehead atoms. The topological polar surface area (TPSA) is 40.5 Å². The predicted molar refractivity (Wildman–Crippen MR) is 303 cm³/mol. The molecular weight excluding hydrogens is 989 g/mol. The Morgan fingerprint density at radius 1 is 0.300 bits per heavy atom. The van der Waals surface area contributed by atoms with Crippen LogP contribution < -0.4 is 0 Å². The van der Waals surface area contributed by atoms with Crippen LogP contribution in [0.5, 0.6) is 0 Å². The van der Waals surface area contributed by atoms with Crippen molar-refractivity contribution in [2.45, 2.75) is 125 Å². The van der Waals surface area contributed by atoms with Crippen molar-refractivity contribution < 1.29 is 10.2 Å². The zero-order valence-electron chi connectivity index (χ0n) is 42.2. The van der Waals surface area contributed by atoms with Gasteiger partial charge in [0.1, 0.15) is 11.2 Å². The number of benzene rings is 7. The molecule has 0 unspecified atom stereocenters. The molecule has 7 aromatic rings. The van der Waals surface area contributed by atoms with Crippen LogP contribution in [0.25, 0.3) is 44.5 Å². The lowest BCUT2D eigenvalue weighted by Gasteiger charge is -2.32. The molecule has 0 aromatic heterocycles. The first-order valence-corrected chi connectivity index (χ1v) is 26.3. The number of alkyl halides is 6. The van der Waals surface area contributed by atoms with Crippen LogP contribution in [0, 0.1) is 0 Å². The molecule has 2 N–H and O–H groups in total. The Balaban J connectivity index is 0.000000840. The van der Waals surface area contributed by atoms with Gasteiger partial charge in [0.05, 0.1) is 0 Å². The lowest BCUT2D eigenvalue weighted by Crippen LogP contribution is -2.28. The highest BCUT2D eigenvalue weighted by molar-refractivity contribution is 6.63. The van der Waals surface area contributed by atoms with Gasteiger partial charge in [0.25, 0.3) is 0 Å². The summed E-state index contributed by atoms with van der Waals surface area (Å²) in [7, 11) is 0. The molecule has 0 spiro atoms. The van der Waals surface area contributed by atoms with E-state index in [1.54, 1.807) is 0 Å². The van der Waals surface area contributed by atoms with Crippen LogP contribution in [0.4, 0.5) is 0 Å². The van der Waals surface area contributed by atoms with Gasteiger partial charge in [-0.05, 0) is 88.4 Å². The summed E-state index contributed by atoms with van der Waals surface area (Å²) in [5.74, 6) is 0. The first-order chi connectivity index (χ1) is 32.5. The van der Waals surface area contributed by atoms with Crippen molar-refractivity contribution in [2.24, 2.45) is 0 Å². The number of fused-ring (bicyclic) bond motifs is 6. The van der Waals surface area contributed by atoms with Crippen LogP contribution in [-0.2, 0) is 32.9 Å². The summed E-state index contributed by atoms with van der Waals surface area (Å²) in [5, 5.41) is 27.2. The molecule has 0 saturated carbocycles. The van der Waals surface area contributed by atoms with Crippen LogP contribution >= 0.6 is 69.6 Å². The maximum atomic E-state index is 13.6. The molecule has 0 radical (unpaired) electrons. The molecule has 0 fully saturated rings. The lowest BCUT2D eigenvalue weighted by atomic mass is 9.76. The zero-order chi connectivity index (χ0) is 51.5. The Bertz CT molecular complexity index is 2690. The normalized spacial score (nSPS) is 14.5. The maximum Gasteiger partial charge on any atom is 0.180 e. The fourth-order valence-corrected chi connectivity index (χ4v) is 9.98. The highest BCUT2D eigenvalue weighted by Crippen LogP contribution is 2.56. The molecule has 2 aliphatic carbocycles. The second-order valence-electron chi connectivity index (χ2n) is 22.6. The fraction of sp³-hybridized carbons (Fsp3) is 0.323. The summed E-state index contributed by atoms with van der Waals surface area (Å²) >= 11 is 28.8. The van der Waals surface area contributed by atoms with Gasteiger partial charge in [-0.2, -0.15) is 0 Å². The smallest absolute Gasteiger partial charge is 0.180 e. The summed E-state index contributed by atoms with van der Waals surface area (Å²) in [6.45, 7) is 26.8. The Kier molecular flexibility index (Phi) is 15.3. The Morgan fingerprint density at radius 3 is 0.729 bits per heavy atom. The van der Waals surface area contributed by atoms with Gasteiger partial charge in [-0.25, -0.2) is 0 Å². The Labute approximate surface area is 446 Å². The standard InChI is InChI=1S/C60H62O2.2CHCl3/c1-55(2,3)39-25-29-45-46-30-26-40(56(4,5)6)34-52(46)59(61,51(45)33-39)49-19-15-13-17-43(49)37-21-23-38(24-22-37)44-18-14-16-20-50(44)60(62)53-35-41(57(7,8)9)27-31-47(53)48-32-28-42(36-54(48)60)58(10,11)12;2*2-1(3)4/h13-36,61-62H,1-12H3;2*1H. The van der Waals surface area contributed by atoms with Crippen molar-refractivity contribution >= 4 is 69.6 Å². The van der Waals surface area contributed by atoms with E-state index >= 15 is 0 Å². The third-order valence-electron chi connectivity index (χ3n) is 13.8. The van der Waals surface area contributed by atoms with Crippen molar-refractivity contribution in [1.29, 1.82) is 0 Å². The van der Waals surface area contributed by atoms with Crippen molar-refractivity contribution in [1.82, 2.24) is 0 Å². The molecule has 0 heterocycles. The fourth-order valence-electron chi connectivity index (χ4n) is 9.98. The van der Waals surface area contributed by atoms with Gasteiger partial charge in [0, 0.05) is 33.4 Å². The van der Waals surface area contributed by atoms with Gasteiger partial charge in [-0.3, -0.25) is 0 Å². The molecular formula is C62H64Cl6O2. The van der Waals surface area contributed by atoms with Crippen LogP contribution in [0.15, 0.2) is 146 Å². The third-order valence-corrected chi connectivity index (χ3v) is 13.8. The minimum atomic E-state index is -1.38. The van der Waals surface area contributed by atoms with E-state index in [0.29, 0.717) is 0 Å². The molecule has 0 amide bonds. The van der Waals surface area contributed by atoms with Gasteiger partial charge in [0.15, 0.2) is 8.59 Å². The Morgan fingerprint density at radius 2 is 0.514 bits per heavy atom. The van der Waals surface area contributed by atoms with E-state index in [2.05, 4.69) is 229 Å². The van der Waals surface area contributed by atoms with Crippen molar-refractivity contribution in [2.75, 3.05) is 0 Å². The maximum absolute atomic E-state index is 13.6. The first kappa shape index (κ1) is 54.0. The van der Waals surface area contributed by atoms with Gasteiger partial charge < -0.3 is 10.2 Å². The number of hydrogen-bond acceptors (Lipinski definition) is 2. The van der Waals surface area contributed by atoms with Gasteiger partial charge in [-0.1, -0.05) is 298 Å². The highest BCUT2D eigenvalue weighted by Gasteiger charge is 2.47. The second-order valence-corrected chi connectivity index (χ2v) is 26.6. The minimum absolute atomic E-state index is 0.0908. The van der Waals surface area contributed by atoms with Gasteiger partial charge in [0.2, 0.25) is 0 Å². The molecule has 2 aliphatic rings. The van der Waals surface area contributed by atoms with Crippen molar-refractivity contribution in [3.05, 3.63) is 201 Å². The van der Waals surface area contributed by atoms with E-state index in [0.717, 1.165) is 77.9 Å². The number of halogens is 6. The minimum Gasteiger partial charge on any atom is -0.376 e. The molecule has 9 rings (SSSR count). The number of rotatable bonds is 4. The monoisotopic (exact) mass is 1050 g/mol. The predicted octanol–water partition coefficient (Wildman–Crippen LogP) is 18.7. The molecule has 2 nitrogen and oxygen atoms in total. The molecule has 0 atom stereocenters. The van der Waals surface area contributed by atoms with E-state index in [1.165, 1.54) is 22.3 Å². The van der Waals surface area contributed by atoms with E-state index in [4.69, 9.17) is 69.6 Å². The summed E-state index contributed by atoms with van der Waals surface area (Å²) in [4.78, 5) is 0. The average Bonchev–Trinajstić information content (AvgIpc) is 3.69. The average molecular weight is 1050 g/mol. The SMILES string of the molecule is CC(C)(C)c1ccc2c(c1)C(O)(c1ccccc1-c1ccc(-c3ccccc3C3(O)c4cc(C(C)(C)C)ccc4-c4ccc(C(C)(C)C)cc43)cc1)c1cc(C(C)(C)C)ccc1-2.ClC(Cl)Cl.ClC(Cl)Cl. The van der Waals surface area contributed by atoms with Crippen LogP contribution in [0.3, 0.4) is 0 Å². The lowest BCUT2D eigenvalue weighted by molar-refractivity contribution is 0.130. The molecule has 366 valence electrons. The molecule has 7 aromatic carbocycles. The van der Waals surface area contributed by atoms with Gasteiger partial charge in [-0.15, -0.1) is 0 Å². The van der Waals surface area contributed by atoms with Crippen molar-refractivity contribution in [3.8, 4) is 44.5 Å². The summed E-state index contributed by atoms with van der Waals surface area (Å²) in [6.07, 6.45) is 0. The largest absolute Gasteiger partial charge is 0.376 e.